The molecule has 0 atom stereocenters. The van der Waals surface area contributed by atoms with Crippen molar-refractivity contribution in [3.05, 3.63) is 76.3 Å². The van der Waals surface area contributed by atoms with E-state index >= 15 is 0 Å². The van der Waals surface area contributed by atoms with Crippen molar-refractivity contribution in [1.82, 2.24) is 0 Å². The number of hydrogen-bond acceptors (Lipinski definition) is 3. The molecule has 4 heteroatoms. The molecule has 0 radical (unpaired) electrons. The molecule has 25 heavy (non-hydrogen) atoms. The van der Waals surface area contributed by atoms with Crippen LogP contribution in [0, 0.1) is 0 Å². The maximum atomic E-state index is 12.5. The van der Waals surface area contributed by atoms with E-state index < -0.39 is 0 Å². The molecule has 0 bridgehead atoms. The molecular formula is C21H20ClNO2. The van der Waals surface area contributed by atoms with Gasteiger partial charge in [0, 0.05) is 16.1 Å². The van der Waals surface area contributed by atoms with Crippen LogP contribution >= 0.6 is 11.6 Å². The van der Waals surface area contributed by atoms with Crippen molar-refractivity contribution in [2.75, 3.05) is 13.2 Å². The number of carbonyl (C=O) groups excluding carboxylic acids is 1. The number of esters is 1. The maximum Gasteiger partial charge on any atom is 0.338 e. The van der Waals surface area contributed by atoms with Crippen molar-refractivity contribution in [1.29, 1.82) is 0 Å². The van der Waals surface area contributed by atoms with E-state index in [1.807, 2.05) is 48.5 Å². The van der Waals surface area contributed by atoms with E-state index in [2.05, 4.69) is 11.9 Å². The fourth-order valence-corrected chi connectivity index (χ4v) is 2.97. The van der Waals surface area contributed by atoms with Crippen LogP contribution in [0.5, 0.6) is 0 Å². The Morgan fingerprint density at radius 3 is 2.72 bits per heavy atom. The number of nitrogens with zero attached hydrogens (tertiary/aromatic N) is 1. The average Bonchev–Trinajstić information content (AvgIpc) is 2.82. The van der Waals surface area contributed by atoms with Gasteiger partial charge in [0.25, 0.3) is 0 Å². The molecule has 0 saturated carbocycles. The second kappa shape index (κ2) is 8.13. The van der Waals surface area contributed by atoms with Gasteiger partial charge in [-0.15, -0.1) is 0 Å². The summed E-state index contributed by atoms with van der Waals surface area (Å²) < 4.78 is 5.41. The monoisotopic (exact) mass is 353 g/mol. The van der Waals surface area contributed by atoms with Gasteiger partial charge in [0.15, 0.2) is 0 Å². The summed E-state index contributed by atoms with van der Waals surface area (Å²) in [4.78, 5) is 17.2. The Morgan fingerprint density at radius 2 is 1.96 bits per heavy atom. The van der Waals surface area contributed by atoms with Crippen LogP contribution < -0.4 is 0 Å². The average molecular weight is 354 g/mol. The highest BCUT2D eigenvalue weighted by atomic mass is 35.5. The maximum absolute atomic E-state index is 12.5. The minimum absolute atomic E-state index is 0.304. The molecular weight excluding hydrogens is 334 g/mol. The van der Waals surface area contributed by atoms with Crippen molar-refractivity contribution < 1.29 is 9.53 Å². The zero-order chi connectivity index (χ0) is 17.6. The lowest BCUT2D eigenvalue weighted by atomic mass is 9.93. The van der Waals surface area contributed by atoms with Crippen LogP contribution in [0.1, 0.15) is 36.5 Å². The van der Waals surface area contributed by atoms with E-state index in [4.69, 9.17) is 16.3 Å². The predicted molar refractivity (Wildman–Crippen MR) is 102 cm³/mol. The minimum Gasteiger partial charge on any atom is -0.462 e. The first-order valence-corrected chi connectivity index (χ1v) is 8.86. The lowest BCUT2D eigenvalue weighted by Crippen LogP contribution is -2.11. The normalized spacial score (nSPS) is 13.4. The number of ether oxygens (including phenoxy) is 1. The summed E-state index contributed by atoms with van der Waals surface area (Å²) in [6, 6.07) is 15.5. The molecule has 0 amide bonds. The molecule has 0 saturated heterocycles. The summed E-state index contributed by atoms with van der Waals surface area (Å²) in [7, 11) is 0. The zero-order valence-electron chi connectivity index (χ0n) is 14.2. The van der Waals surface area contributed by atoms with Crippen molar-refractivity contribution in [3.63, 3.8) is 0 Å². The Balaban J connectivity index is 2.00. The second-order valence-corrected chi connectivity index (χ2v) is 6.29. The fourth-order valence-electron chi connectivity index (χ4n) is 2.79. The third kappa shape index (κ3) is 3.99. The van der Waals surface area contributed by atoms with Gasteiger partial charge >= 0.3 is 5.97 Å². The molecule has 1 aliphatic heterocycles. The molecule has 1 heterocycles. The molecule has 128 valence electrons. The predicted octanol–water partition coefficient (Wildman–Crippen LogP) is 4.92. The van der Waals surface area contributed by atoms with Crippen LogP contribution in [0.3, 0.4) is 0 Å². The highest BCUT2D eigenvalue weighted by Crippen LogP contribution is 2.28. The summed E-state index contributed by atoms with van der Waals surface area (Å²) >= 11 is 6.22. The van der Waals surface area contributed by atoms with Crippen LogP contribution in [0.25, 0.3) is 5.57 Å². The van der Waals surface area contributed by atoms with Gasteiger partial charge in [0.05, 0.1) is 24.4 Å². The van der Waals surface area contributed by atoms with Crippen molar-refractivity contribution in [2.24, 2.45) is 4.99 Å². The van der Waals surface area contributed by atoms with Crippen LogP contribution in [-0.2, 0) is 9.53 Å². The van der Waals surface area contributed by atoms with Gasteiger partial charge in [0.1, 0.15) is 0 Å². The minimum atomic E-state index is -0.304. The molecule has 3 rings (SSSR count). The number of halogens is 1. The molecule has 2 aromatic carbocycles. The second-order valence-electron chi connectivity index (χ2n) is 5.85. The highest BCUT2D eigenvalue weighted by molar-refractivity contribution is 6.32. The lowest BCUT2D eigenvalue weighted by Gasteiger charge is -2.13. The molecule has 2 aromatic rings. The third-order valence-corrected chi connectivity index (χ3v) is 4.31. The SMILES string of the molecule is CCCCOC(=O)C1=CCN=C(c2ccccc2)c2cc(Cl)ccc21. The topological polar surface area (TPSA) is 38.7 Å². The molecule has 0 aliphatic carbocycles. The van der Waals surface area contributed by atoms with Gasteiger partial charge in [-0.3, -0.25) is 4.99 Å². The van der Waals surface area contributed by atoms with Gasteiger partial charge in [-0.1, -0.05) is 61.3 Å². The summed E-state index contributed by atoms with van der Waals surface area (Å²) in [5, 5.41) is 0.614. The lowest BCUT2D eigenvalue weighted by molar-refractivity contribution is -0.136. The van der Waals surface area contributed by atoms with Crippen molar-refractivity contribution >= 4 is 28.9 Å². The number of hydrogen-bond donors (Lipinski definition) is 0. The van der Waals surface area contributed by atoms with Crippen LogP contribution in [0.15, 0.2) is 59.6 Å². The summed E-state index contributed by atoms with van der Waals surface area (Å²) in [5.41, 5.74) is 4.06. The number of unbranched alkanes of at least 4 members (excludes halogenated alkanes) is 1. The van der Waals surface area contributed by atoms with E-state index in [0.717, 1.165) is 35.2 Å². The van der Waals surface area contributed by atoms with E-state index in [1.165, 1.54) is 0 Å². The fraction of sp³-hybridized carbons (Fsp3) is 0.238. The van der Waals surface area contributed by atoms with E-state index in [9.17, 15) is 4.79 Å². The Bertz CT molecular complexity index is 825. The van der Waals surface area contributed by atoms with E-state index in [0.29, 0.717) is 23.7 Å². The Morgan fingerprint density at radius 1 is 1.16 bits per heavy atom. The van der Waals surface area contributed by atoms with Gasteiger partial charge in [-0.05, 0) is 30.2 Å². The Hall–Kier alpha value is -2.39. The first-order valence-electron chi connectivity index (χ1n) is 8.48. The van der Waals surface area contributed by atoms with Gasteiger partial charge in [-0.25, -0.2) is 4.79 Å². The number of fused-ring (bicyclic) bond motifs is 1. The zero-order valence-corrected chi connectivity index (χ0v) is 14.9. The van der Waals surface area contributed by atoms with Crippen LogP contribution in [0.2, 0.25) is 5.02 Å². The van der Waals surface area contributed by atoms with Crippen LogP contribution in [0.4, 0.5) is 0 Å². The Labute approximate surface area is 153 Å². The Kier molecular flexibility index (Phi) is 5.67. The third-order valence-electron chi connectivity index (χ3n) is 4.07. The standard InChI is InChI=1S/C21H20ClNO2/c1-2-3-13-25-21(24)18-11-12-23-20(15-7-5-4-6-8-15)19-14-16(22)9-10-17(18)19/h4-11,14H,2-3,12-13H2,1H3. The number of aliphatic imine (C=N–C) groups is 1. The molecule has 0 fully saturated rings. The molecule has 0 N–H and O–H groups in total. The van der Waals surface area contributed by atoms with E-state index in [-0.39, 0.29) is 5.97 Å². The molecule has 0 unspecified atom stereocenters. The largest absolute Gasteiger partial charge is 0.462 e. The van der Waals surface area contributed by atoms with Gasteiger partial charge < -0.3 is 4.74 Å². The number of carbonyl (C=O) groups is 1. The number of benzene rings is 2. The van der Waals surface area contributed by atoms with Crippen molar-refractivity contribution in [3.8, 4) is 0 Å². The van der Waals surface area contributed by atoms with Crippen molar-refractivity contribution in [2.45, 2.75) is 19.8 Å². The molecule has 3 nitrogen and oxygen atoms in total. The summed E-state index contributed by atoms with van der Waals surface area (Å²) in [6.45, 7) is 2.92. The summed E-state index contributed by atoms with van der Waals surface area (Å²) in [6.07, 6.45) is 3.68. The first kappa shape index (κ1) is 17.4. The quantitative estimate of drug-likeness (QED) is 0.565. The molecule has 0 spiro atoms. The highest BCUT2D eigenvalue weighted by Gasteiger charge is 2.22. The number of rotatable bonds is 5. The van der Waals surface area contributed by atoms with Gasteiger partial charge in [0.2, 0.25) is 0 Å². The smallest absolute Gasteiger partial charge is 0.338 e. The molecule has 0 aromatic heterocycles. The van der Waals surface area contributed by atoms with Gasteiger partial charge in [-0.2, -0.15) is 0 Å². The van der Waals surface area contributed by atoms with Crippen LogP contribution in [-0.4, -0.2) is 24.8 Å². The first-order chi connectivity index (χ1) is 12.2. The van der Waals surface area contributed by atoms with E-state index in [1.54, 1.807) is 6.07 Å². The molecule has 1 aliphatic rings. The summed E-state index contributed by atoms with van der Waals surface area (Å²) in [5.74, 6) is -0.304.